The van der Waals surface area contributed by atoms with E-state index in [-0.39, 0.29) is 23.7 Å². The SMILES string of the molecule is COC(=O)C1=C(C)NC(C)=C(C(=O)NC/C=C/c2ccccc2)C1c1cccc([N+](=O)[O-])c1. The van der Waals surface area contributed by atoms with Gasteiger partial charge < -0.3 is 15.4 Å². The first-order chi connectivity index (χ1) is 15.8. The molecule has 0 saturated heterocycles. The van der Waals surface area contributed by atoms with Crippen LogP contribution >= 0.6 is 0 Å². The first-order valence-corrected chi connectivity index (χ1v) is 10.3. The van der Waals surface area contributed by atoms with Crippen molar-refractivity contribution in [1.82, 2.24) is 10.6 Å². The van der Waals surface area contributed by atoms with Crippen molar-refractivity contribution in [3.63, 3.8) is 0 Å². The molecule has 1 amide bonds. The third-order valence-electron chi connectivity index (χ3n) is 5.32. The molecule has 1 unspecified atom stereocenters. The number of hydrogen-bond donors (Lipinski definition) is 2. The molecule has 0 aromatic heterocycles. The number of carbonyl (C=O) groups excluding carboxylic acids is 2. The van der Waals surface area contributed by atoms with Gasteiger partial charge in [-0.2, -0.15) is 0 Å². The smallest absolute Gasteiger partial charge is 0.336 e. The number of nitro benzene ring substituents is 1. The average Bonchev–Trinajstić information content (AvgIpc) is 2.81. The topological polar surface area (TPSA) is 111 Å². The average molecular weight is 447 g/mol. The van der Waals surface area contributed by atoms with Crippen LogP contribution in [0.2, 0.25) is 0 Å². The lowest BCUT2D eigenvalue weighted by atomic mass is 9.80. The highest BCUT2D eigenvalue weighted by Crippen LogP contribution is 2.39. The fourth-order valence-electron chi connectivity index (χ4n) is 3.83. The number of methoxy groups -OCH3 is 1. The third kappa shape index (κ3) is 5.35. The predicted octanol–water partition coefficient (Wildman–Crippen LogP) is 3.83. The number of benzene rings is 2. The second-order valence-corrected chi connectivity index (χ2v) is 7.50. The normalized spacial score (nSPS) is 15.9. The molecule has 0 saturated carbocycles. The molecule has 0 fully saturated rings. The van der Waals surface area contributed by atoms with Crippen molar-refractivity contribution in [2.45, 2.75) is 19.8 Å². The van der Waals surface area contributed by atoms with E-state index in [2.05, 4.69) is 10.6 Å². The van der Waals surface area contributed by atoms with Gasteiger partial charge in [0.2, 0.25) is 5.91 Å². The van der Waals surface area contributed by atoms with Gasteiger partial charge in [0.05, 0.1) is 23.5 Å². The lowest BCUT2D eigenvalue weighted by Gasteiger charge is -2.30. The van der Waals surface area contributed by atoms with Crippen LogP contribution in [0, 0.1) is 10.1 Å². The molecule has 8 heteroatoms. The van der Waals surface area contributed by atoms with Gasteiger partial charge in [-0.3, -0.25) is 14.9 Å². The number of carbonyl (C=O) groups is 2. The Morgan fingerprint density at radius 3 is 2.45 bits per heavy atom. The minimum absolute atomic E-state index is 0.129. The molecule has 1 aliphatic rings. The van der Waals surface area contributed by atoms with Gasteiger partial charge >= 0.3 is 5.97 Å². The van der Waals surface area contributed by atoms with Gasteiger partial charge in [0.1, 0.15) is 0 Å². The van der Waals surface area contributed by atoms with E-state index in [9.17, 15) is 19.7 Å². The van der Waals surface area contributed by atoms with E-state index in [1.807, 2.05) is 42.5 Å². The first kappa shape index (κ1) is 23.5. The number of amides is 1. The zero-order valence-corrected chi connectivity index (χ0v) is 18.6. The summed E-state index contributed by atoms with van der Waals surface area (Å²) in [7, 11) is 1.26. The molecule has 2 N–H and O–H groups in total. The molecule has 8 nitrogen and oxygen atoms in total. The lowest BCUT2D eigenvalue weighted by Crippen LogP contribution is -2.36. The summed E-state index contributed by atoms with van der Waals surface area (Å²) in [5.74, 6) is -1.82. The van der Waals surface area contributed by atoms with Crippen LogP contribution in [0.15, 0.2) is 83.2 Å². The summed E-state index contributed by atoms with van der Waals surface area (Å²) in [6.45, 7) is 3.70. The molecule has 0 spiro atoms. The Labute approximate surface area is 191 Å². The van der Waals surface area contributed by atoms with Crippen LogP contribution in [0.5, 0.6) is 0 Å². The second-order valence-electron chi connectivity index (χ2n) is 7.50. The zero-order chi connectivity index (χ0) is 24.0. The molecule has 0 bridgehead atoms. The molecule has 170 valence electrons. The summed E-state index contributed by atoms with van der Waals surface area (Å²) in [4.78, 5) is 36.7. The van der Waals surface area contributed by atoms with Crippen LogP contribution < -0.4 is 10.6 Å². The molecule has 33 heavy (non-hydrogen) atoms. The van der Waals surface area contributed by atoms with E-state index in [4.69, 9.17) is 4.74 Å². The van der Waals surface area contributed by atoms with E-state index in [0.717, 1.165) is 5.56 Å². The summed E-state index contributed by atoms with van der Waals surface area (Å²) in [6.07, 6.45) is 3.71. The fraction of sp³-hybridized carbons (Fsp3) is 0.200. The second kappa shape index (κ2) is 10.4. The fourth-order valence-corrected chi connectivity index (χ4v) is 3.83. The van der Waals surface area contributed by atoms with Crippen molar-refractivity contribution >= 4 is 23.6 Å². The van der Waals surface area contributed by atoms with E-state index < -0.39 is 16.8 Å². The Bertz CT molecular complexity index is 1170. The summed E-state index contributed by atoms with van der Waals surface area (Å²) in [5, 5.41) is 17.3. The highest BCUT2D eigenvalue weighted by Gasteiger charge is 2.37. The number of dihydropyridines is 1. The summed E-state index contributed by atoms with van der Waals surface area (Å²) in [6, 6.07) is 15.6. The van der Waals surface area contributed by atoms with Gasteiger partial charge in [-0.1, -0.05) is 54.6 Å². The molecule has 0 aliphatic carbocycles. The van der Waals surface area contributed by atoms with Crippen molar-refractivity contribution in [2.75, 3.05) is 13.7 Å². The van der Waals surface area contributed by atoms with Gasteiger partial charge in [0.25, 0.3) is 5.69 Å². The number of nitrogens with one attached hydrogen (secondary N) is 2. The third-order valence-corrected chi connectivity index (χ3v) is 5.32. The van der Waals surface area contributed by atoms with Crippen LogP contribution in [-0.4, -0.2) is 30.5 Å². The van der Waals surface area contributed by atoms with Crippen LogP contribution in [0.4, 0.5) is 5.69 Å². The zero-order valence-electron chi connectivity index (χ0n) is 18.6. The predicted molar refractivity (Wildman–Crippen MR) is 125 cm³/mol. The van der Waals surface area contributed by atoms with Gasteiger partial charge in [-0.25, -0.2) is 4.79 Å². The Hall–Kier alpha value is -4.20. The van der Waals surface area contributed by atoms with Crippen molar-refractivity contribution < 1.29 is 19.2 Å². The largest absolute Gasteiger partial charge is 0.466 e. The molecular weight excluding hydrogens is 422 g/mol. The Morgan fingerprint density at radius 2 is 1.79 bits per heavy atom. The molecule has 2 aromatic rings. The van der Waals surface area contributed by atoms with E-state index in [0.29, 0.717) is 22.5 Å². The molecular formula is C25H25N3O5. The van der Waals surface area contributed by atoms with E-state index >= 15 is 0 Å². The van der Waals surface area contributed by atoms with Gasteiger partial charge in [0, 0.05) is 35.6 Å². The maximum Gasteiger partial charge on any atom is 0.336 e. The van der Waals surface area contributed by atoms with Gasteiger partial charge in [-0.05, 0) is 25.0 Å². The summed E-state index contributed by atoms with van der Waals surface area (Å²) < 4.78 is 4.96. The number of esters is 1. The van der Waals surface area contributed by atoms with Crippen LogP contribution in [0.25, 0.3) is 6.08 Å². The Kier molecular flexibility index (Phi) is 7.40. The number of rotatable bonds is 7. The van der Waals surface area contributed by atoms with Crippen molar-refractivity contribution in [2.24, 2.45) is 0 Å². The number of nitro groups is 1. The Balaban J connectivity index is 1.95. The molecule has 1 atom stereocenters. The van der Waals surface area contributed by atoms with E-state index in [1.165, 1.54) is 25.3 Å². The quantitative estimate of drug-likeness (QED) is 0.379. The van der Waals surface area contributed by atoms with Crippen molar-refractivity contribution in [3.8, 4) is 0 Å². The van der Waals surface area contributed by atoms with Gasteiger partial charge in [-0.15, -0.1) is 0 Å². The summed E-state index contributed by atoms with van der Waals surface area (Å²) in [5.41, 5.74) is 2.94. The summed E-state index contributed by atoms with van der Waals surface area (Å²) >= 11 is 0. The molecule has 3 rings (SSSR count). The molecule has 0 radical (unpaired) electrons. The first-order valence-electron chi connectivity index (χ1n) is 10.3. The van der Waals surface area contributed by atoms with E-state index in [1.54, 1.807) is 19.9 Å². The monoisotopic (exact) mass is 447 g/mol. The lowest BCUT2D eigenvalue weighted by molar-refractivity contribution is -0.384. The maximum atomic E-state index is 13.2. The van der Waals surface area contributed by atoms with Crippen LogP contribution in [0.1, 0.15) is 30.9 Å². The Morgan fingerprint density at radius 1 is 1.09 bits per heavy atom. The molecule has 1 aliphatic heterocycles. The van der Waals surface area contributed by atoms with Gasteiger partial charge in [0.15, 0.2) is 0 Å². The number of nitrogens with zero attached hydrogens (tertiary/aromatic N) is 1. The molecule has 2 aromatic carbocycles. The number of ether oxygens (including phenoxy) is 1. The minimum atomic E-state index is -0.822. The van der Waals surface area contributed by atoms with Crippen LogP contribution in [0.3, 0.4) is 0 Å². The minimum Gasteiger partial charge on any atom is -0.466 e. The van der Waals surface area contributed by atoms with Crippen molar-refractivity contribution in [3.05, 3.63) is 104 Å². The standard InChI is InChI=1S/C25H25N3O5/c1-16-21(24(29)26-14-8-11-18-9-5-4-6-10-18)23(22(17(2)27-16)25(30)33-3)19-12-7-13-20(15-19)28(31)32/h4-13,15,23,27H,14H2,1-3H3,(H,26,29)/b11-8+. The number of hydrogen-bond acceptors (Lipinski definition) is 6. The van der Waals surface area contributed by atoms with Crippen molar-refractivity contribution in [1.29, 1.82) is 0 Å². The maximum absolute atomic E-state index is 13.2. The molecule has 1 heterocycles. The highest BCUT2D eigenvalue weighted by molar-refractivity contribution is 6.02. The number of non-ortho nitro benzene ring substituents is 1. The number of allylic oxidation sites excluding steroid dienone is 2. The highest BCUT2D eigenvalue weighted by atomic mass is 16.6. The van der Waals surface area contributed by atoms with Crippen LogP contribution in [-0.2, 0) is 14.3 Å².